The molecular formula is C30H37N3O4S. The quantitative estimate of drug-likeness (QED) is 0.153. The Labute approximate surface area is 230 Å². The summed E-state index contributed by atoms with van der Waals surface area (Å²) in [7, 11) is 0. The lowest BCUT2D eigenvalue weighted by molar-refractivity contribution is -0.137. The molecule has 8 heteroatoms. The fourth-order valence-electron chi connectivity index (χ4n) is 3.81. The van der Waals surface area contributed by atoms with E-state index >= 15 is 0 Å². The lowest BCUT2D eigenvalue weighted by Crippen LogP contribution is -2.20. The summed E-state index contributed by atoms with van der Waals surface area (Å²) in [5.74, 6) is 0.432. The van der Waals surface area contributed by atoms with Crippen LogP contribution in [-0.4, -0.2) is 33.9 Å². The highest BCUT2D eigenvalue weighted by molar-refractivity contribution is 7.98. The largest absolute Gasteiger partial charge is 0.492 e. The summed E-state index contributed by atoms with van der Waals surface area (Å²) in [5, 5.41) is 19.4. The molecule has 202 valence electrons. The Morgan fingerprint density at radius 2 is 1.82 bits per heavy atom. The normalized spacial score (nSPS) is 10.7. The molecule has 0 fully saturated rings. The van der Waals surface area contributed by atoms with Gasteiger partial charge in [-0.15, -0.1) is 0 Å². The summed E-state index contributed by atoms with van der Waals surface area (Å²) in [5.41, 5.74) is 3.94. The summed E-state index contributed by atoms with van der Waals surface area (Å²) in [4.78, 5) is 19.4. The molecule has 0 aliphatic carbocycles. The number of aryl methyl sites for hydroxylation is 1. The van der Waals surface area contributed by atoms with E-state index in [1.807, 2.05) is 63.4 Å². The van der Waals surface area contributed by atoms with Gasteiger partial charge in [0.05, 0.1) is 17.9 Å². The maximum atomic E-state index is 10.8. The van der Waals surface area contributed by atoms with E-state index in [0.717, 1.165) is 28.1 Å². The number of hydrogen-bond acceptors (Lipinski definition) is 7. The van der Waals surface area contributed by atoms with Gasteiger partial charge in [0.25, 0.3) is 0 Å². The Morgan fingerprint density at radius 3 is 2.42 bits per heavy atom. The summed E-state index contributed by atoms with van der Waals surface area (Å²) in [6.45, 7) is 10.9. The molecule has 3 rings (SSSR count). The predicted molar refractivity (Wildman–Crippen MR) is 151 cm³/mol. The number of carboxylic acid groups (broad SMARTS) is 1. The highest BCUT2D eigenvalue weighted by Crippen LogP contribution is 2.37. The smallest absolute Gasteiger partial charge is 0.303 e. The van der Waals surface area contributed by atoms with Crippen LogP contribution in [0.3, 0.4) is 0 Å². The fourth-order valence-corrected chi connectivity index (χ4v) is 4.18. The topological polar surface area (TPSA) is 105 Å². The molecule has 1 heterocycles. The molecule has 0 atom stereocenters. The van der Waals surface area contributed by atoms with Crippen LogP contribution in [0.5, 0.6) is 11.5 Å². The molecule has 2 aromatic carbocycles. The van der Waals surface area contributed by atoms with E-state index in [4.69, 9.17) is 14.6 Å². The Kier molecular flexibility index (Phi) is 12.1. The molecule has 38 heavy (non-hydrogen) atoms. The molecule has 0 radical (unpaired) electrons. The first-order valence-corrected chi connectivity index (χ1v) is 14.0. The molecule has 0 saturated heterocycles. The molecule has 0 aliphatic rings. The third kappa shape index (κ3) is 8.22. The van der Waals surface area contributed by atoms with Crippen LogP contribution in [0.25, 0.3) is 0 Å². The van der Waals surface area contributed by atoms with Crippen LogP contribution >= 0.6 is 11.8 Å². The second-order valence-corrected chi connectivity index (χ2v) is 9.57. The van der Waals surface area contributed by atoms with Gasteiger partial charge in [-0.25, -0.2) is 9.97 Å². The highest BCUT2D eigenvalue weighted by atomic mass is 32.2. The lowest BCUT2D eigenvalue weighted by Gasteiger charge is -2.28. The molecule has 0 aliphatic heterocycles. The van der Waals surface area contributed by atoms with Gasteiger partial charge in [-0.05, 0) is 60.1 Å². The Bertz CT molecular complexity index is 1240. The van der Waals surface area contributed by atoms with Gasteiger partial charge in [-0.2, -0.15) is 5.26 Å². The van der Waals surface area contributed by atoms with Crippen molar-refractivity contribution in [2.45, 2.75) is 71.1 Å². The SMILES string of the molecule is CC.CCc1cc(C(C)(C)c2ccc(OCc3ccnc(SC)n3)cc2)cc(C#N)c1OCCCC(=O)O. The third-order valence-corrected chi connectivity index (χ3v) is 6.57. The Balaban J connectivity index is 0.00000247. The fraction of sp³-hybridized carbons (Fsp3) is 0.400. The molecule has 0 unspecified atom stereocenters. The van der Waals surface area contributed by atoms with Crippen molar-refractivity contribution in [1.82, 2.24) is 9.97 Å². The zero-order valence-electron chi connectivity index (χ0n) is 23.1. The van der Waals surface area contributed by atoms with Crippen LogP contribution in [0.4, 0.5) is 0 Å². The summed E-state index contributed by atoms with van der Waals surface area (Å²) >= 11 is 1.49. The van der Waals surface area contributed by atoms with Crippen molar-refractivity contribution < 1.29 is 19.4 Å². The first kappa shape index (κ1) is 30.7. The number of rotatable bonds is 12. The van der Waals surface area contributed by atoms with Crippen molar-refractivity contribution in [3.63, 3.8) is 0 Å². The monoisotopic (exact) mass is 535 g/mol. The average molecular weight is 536 g/mol. The van der Waals surface area contributed by atoms with Crippen molar-refractivity contribution in [2.75, 3.05) is 12.9 Å². The van der Waals surface area contributed by atoms with Crippen molar-refractivity contribution >= 4 is 17.7 Å². The number of carbonyl (C=O) groups is 1. The van der Waals surface area contributed by atoms with E-state index in [1.54, 1.807) is 6.20 Å². The van der Waals surface area contributed by atoms with Gasteiger partial charge in [0.2, 0.25) is 0 Å². The van der Waals surface area contributed by atoms with Gasteiger partial charge in [-0.1, -0.05) is 64.6 Å². The second kappa shape index (κ2) is 15.0. The molecular weight excluding hydrogens is 498 g/mol. The van der Waals surface area contributed by atoms with E-state index in [0.29, 0.717) is 35.9 Å². The predicted octanol–water partition coefficient (Wildman–Crippen LogP) is 6.81. The van der Waals surface area contributed by atoms with Crippen LogP contribution in [0, 0.1) is 11.3 Å². The average Bonchev–Trinajstić information content (AvgIpc) is 2.95. The summed E-state index contributed by atoms with van der Waals surface area (Å²) in [6.07, 6.45) is 4.79. The van der Waals surface area contributed by atoms with Crippen molar-refractivity contribution in [1.29, 1.82) is 5.26 Å². The maximum Gasteiger partial charge on any atom is 0.303 e. The molecule has 3 aromatic rings. The van der Waals surface area contributed by atoms with Crippen molar-refractivity contribution in [3.05, 3.63) is 76.6 Å². The van der Waals surface area contributed by atoms with Gasteiger partial charge in [0.1, 0.15) is 24.2 Å². The number of aromatic nitrogens is 2. The van der Waals surface area contributed by atoms with Crippen molar-refractivity contribution in [2.24, 2.45) is 0 Å². The molecule has 0 amide bonds. The minimum atomic E-state index is -0.859. The zero-order chi connectivity index (χ0) is 28.1. The van der Waals surface area contributed by atoms with Gasteiger partial charge in [0, 0.05) is 18.0 Å². The first-order chi connectivity index (χ1) is 18.3. The summed E-state index contributed by atoms with van der Waals surface area (Å²) in [6, 6.07) is 16.0. The van der Waals surface area contributed by atoms with Gasteiger partial charge >= 0.3 is 5.97 Å². The van der Waals surface area contributed by atoms with Crippen molar-refractivity contribution in [3.8, 4) is 17.6 Å². The number of hydrogen-bond donors (Lipinski definition) is 1. The first-order valence-electron chi connectivity index (χ1n) is 12.8. The minimum absolute atomic E-state index is 0.0338. The number of ether oxygens (including phenoxy) is 2. The van der Waals surface area contributed by atoms with Gasteiger partial charge in [0.15, 0.2) is 5.16 Å². The van der Waals surface area contributed by atoms with Gasteiger partial charge in [-0.3, -0.25) is 4.79 Å². The zero-order valence-corrected chi connectivity index (χ0v) is 23.9. The van der Waals surface area contributed by atoms with Crippen LogP contribution in [0.1, 0.15) is 75.4 Å². The number of benzene rings is 2. The van der Waals surface area contributed by atoms with E-state index < -0.39 is 5.97 Å². The second-order valence-electron chi connectivity index (χ2n) is 8.80. The number of carboxylic acids is 1. The summed E-state index contributed by atoms with van der Waals surface area (Å²) < 4.78 is 11.8. The lowest BCUT2D eigenvalue weighted by atomic mass is 9.77. The van der Waals surface area contributed by atoms with Crippen LogP contribution in [0.2, 0.25) is 0 Å². The van der Waals surface area contributed by atoms with Gasteiger partial charge < -0.3 is 14.6 Å². The molecule has 0 spiro atoms. The number of aliphatic carboxylic acids is 1. The van der Waals surface area contributed by atoms with Crippen LogP contribution < -0.4 is 9.47 Å². The highest BCUT2D eigenvalue weighted by Gasteiger charge is 2.26. The third-order valence-electron chi connectivity index (χ3n) is 6.01. The molecule has 1 aromatic heterocycles. The van der Waals surface area contributed by atoms with E-state index in [-0.39, 0.29) is 18.4 Å². The molecule has 0 saturated carbocycles. The number of nitriles is 1. The van der Waals surface area contributed by atoms with E-state index in [2.05, 4.69) is 36.0 Å². The van der Waals surface area contributed by atoms with Crippen LogP contribution in [0.15, 0.2) is 53.8 Å². The maximum absolute atomic E-state index is 10.8. The van der Waals surface area contributed by atoms with E-state index in [9.17, 15) is 10.1 Å². The molecule has 0 bridgehead atoms. The molecule has 1 N–H and O–H groups in total. The van der Waals surface area contributed by atoms with Crippen LogP contribution in [-0.2, 0) is 23.2 Å². The standard InChI is InChI=1S/C28H31N3O4S.C2H6/c1-5-19-15-22(16-20(17-29)26(19)34-14-6-7-25(32)33)28(2,3)21-8-10-24(11-9-21)35-18-23-12-13-30-27(31-23)36-4;1-2/h8-13,15-16H,5-7,14,18H2,1-4H3,(H,32,33);1-2H3. The Hall–Kier alpha value is -3.57. The number of thioether (sulfide) groups is 1. The number of nitrogens with zero attached hydrogens (tertiary/aromatic N) is 3. The molecule has 7 nitrogen and oxygen atoms in total. The minimum Gasteiger partial charge on any atom is -0.492 e. The Morgan fingerprint density at radius 1 is 1.11 bits per heavy atom. The van der Waals surface area contributed by atoms with E-state index in [1.165, 1.54) is 11.8 Å².